The molecular formula is C23H36N2O2. The molecule has 0 aliphatic carbocycles. The maximum atomic E-state index is 12.0. The Morgan fingerprint density at radius 1 is 0.852 bits per heavy atom. The van der Waals surface area contributed by atoms with E-state index < -0.39 is 0 Å². The van der Waals surface area contributed by atoms with Gasteiger partial charge in [-0.1, -0.05) is 96.1 Å². The zero-order valence-corrected chi connectivity index (χ0v) is 17.0. The highest BCUT2D eigenvalue weighted by molar-refractivity contribution is 5.89. The van der Waals surface area contributed by atoms with Crippen LogP contribution in [0.2, 0.25) is 0 Å². The summed E-state index contributed by atoms with van der Waals surface area (Å²) in [5, 5.41) is 2.76. The average Bonchev–Trinajstić information content (AvgIpc) is 3.07. The second-order valence-electron chi connectivity index (χ2n) is 7.53. The second-order valence-corrected chi connectivity index (χ2v) is 7.53. The molecule has 2 rings (SSSR count). The molecule has 0 spiro atoms. The van der Waals surface area contributed by atoms with Crippen LogP contribution < -0.4 is 5.32 Å². The van der Waals surface area contributed by atoms with E-state index in [0.717, 1.165) is 18.4 Å². The van der Waals surface area contributed by atoms with Gasteiger partial charge >= 0.3 is 6.01 Å². The van der Waals surface area contributed by atoms with Crippen molar-refractivity contribution in [2.45, 2.75) is 96.8 Å². The molecule has 27 heavy (non-hydrogen) atoms. The number of aromatic nitrogens is 1. The van der Waals surface area contributed by atoms with Crippen molar-refractivity contribution < 1.29 is 9.21 Å². The molecule has 4 nitrogen and oxygen atoms in total. The summed E-state index contributed by atoms with van der Waals surface area (Å²) in [6.07, 6.45) is 17.6. The Balaban J connectivity index is 1.41. The first-order valence-corrected chi connectivity index (χ1v) is 10.9. The number of hydrogen-bond donors (Lipinski definition) is 1. The third kappa shape index (κ3) is 9.07. The first kappa shape index (κ1) is 21.5. The van der Waals surface area contributed by atoms with Crippen LogP contribution in [0.25, 0.3) is 11.1 Å². The Labute approximate surface area is 164 Å². The van der Waals surface area contributed by atoms with Crippen LogP contribution in [0.1, 0.15) is 96.8 Å². The number of hydrogen-bond acceptors (Lipinski definition) is 3. The van der Waals surface area contributed by atoms with Crippen LogP contribution >= 0.6 is 0 Å². The molecule has 0 fully saturated rings. The number of anilines is 1. The molecule has 4 heteroatoms. The number of para-hydroxylation sites is 2. The van der Waals surface area contributed by atoms with Gasteiger partial charge in [0.25, 0.3) is 0 Å². The van der Waals surface area contributed by atoms with Gasteiger partial charge in [0, 0.05) is 6.42 Å². The third-order valence-corrected chi connectivity index (χ3v) is 5.05. The number of nitrogens with zero attached hydrogens (tertiary/aromatic N) is 1. The Morgan fingerprint density at radius 3 is 2.00 bits per heavy atom. The lowest BCUT2D eigenvalue weighted by Crippen LogP contribution is -2.11. The van der Waals surface area contributed by atoms with Crippen LogP contribution in [-0.4, -0.2) is 10.9 Å². The normalized spacial score (nSPS) is 11.1. The molecular weight excluding hydrogens is 336 g/mol. The van der Waals surface area contributed by atoms with Gasteiger partial charge in [-0.25, -0.2) is 0 Å². The average molecular weight is 373 g/mol. The SMILES string of the molecule is CCCCCCCCCCCCCCCC(=O)Nc1nc2ccccc2o1. The molecule has 2 aromatic rings. The predicted molar refractivity (Wildman–Crippen MR) is 113 cm³/mol. The molecule has 0 unspecified atom stereocenters. The van der Waals surface area contributed by atoms with E-state index in [1.807, 2.05) is 24.3 Å². The number of carbonyl (C=O) groups is 1. The summed E-state index contributed by atoms with van der Waals surface area (Å²) in [5.74, 6) is -0.00960. The van der Waals surface area contributed by atoms with Crippen molar-refractivity contribution in [2.75, 3.05) is 5.32 Å². The van der Waals surface area contributed by atoms with Crippen LogP contribution in [0.5, 0.6) is 0 Å². The van der Waals surface area contributed by atoms with Crippen molar-refractivity contribution in [3.8, 4) is 0 Å². The molecule has 0 aliphatic heterocycles. The number of rotatable bonds is 15. The molecule has 0 bridgehead atoms. The van der Waals surface area contributed by atoms with E-state index in [1.54, 1.807) is 0 Å². The maximum absolute atomic E-state index is 12.0. The largest absolute Gasteiger partial charge is 0.423 e. The van der Waals surface area contributed by atoms with Crippen LogP contribution in [0, 0.1) is 0 Å². The molecule has 0 radical (unpaired) electrons. The number of oxazole rings is 1. The minimum atomic E-state index is -0.00960. The van der Waals surface area contributed by atoms with E-state index in [9.17, 15) is 4.79 Å². The van der Waals surface area contributed by atoms with Crippen molar-refractivity contribution in [3.05, 3.63) is 24.3 Å². The zero-order valence-electron chi connectivity index (χ0n) is 17.0. The third-order valence-electron chi connectivity index (χ3n) is 5.05. The molecule has 1 aromatic heterocycles. The molecule has 1 heterocycles. The first-order valence-electron chi connectivity index (χ1n) is 10.9. The standard InChI is InChI=1S/C23H36N2O2/c1-2-3-4-5-6-7-8-9-10-11-12-13-14-19-22(26)25-23-24-20-17-15-16-18-21(20)27-23/h15-18H,2-14,19H2,1H3,(H,24,25,26). The lowest BCUT2D eigenvalue weighted by atomic mass is 10.0. The highest BCUT2D eigenvalue weighted by Gasteiger charge is 2.08. The summed E-state index contributed by atoms with van der Waals surface area (Å²) < 4.78 is 5.51. The first-order chi connectivity index (χ1) is 13.3. The fourth-order valence-corrected chi connectivity index (χ4v) is 3.41. The van der Waals surface area contributed by atoms with Crippen molar-refractivity contribution in [2.24, 2.45) is 0 Å². The molecule has 1 amide bonds. The molecule has 0 aliphatic rings. The fraction of sp³-hybridized carbons (Fsp3) is 0.652. The highest BCUT2D eigenvalue weighted by Crippen LogP contribution is 2.18. The summed E-state index contributed by atoms with van der Waals surface area (Å²) in [4.78, 5) is 16.2. The van der Waals surface area contributed by atoms with E-state index >= 15 is 0 Å². The number of carbonyl (C=O) groups excluding carboxylic acids is 1. The van der Waals surface area contributed by atoms with Crippen LogP contribution in [0.15, 0.2) is 28.7 Å². The zero-order chi connectivity index (χ0) is 19.2. The molecule has 1 aromatic carbocycles. The Morgan fingerprint density at radius 2 is 1.41 bits per heavy atom. The van der Waals surface area contributed by atoms with Crippen molar-refractivity contribution in [1.29, 1.82) is 0 Å². The van der Waals surface area contributed by atoms with Crippen molar-refractivity contribution in [1.82, 2.24) is 4.98 Å². The lowest BCUT2D eigenvalue weighted by molar-refractivity contribution is -0.116. The van der Waals surface area contributed by atoms with E-state index in [-0.39, 0.29) is 5.91 Å². The van der Waals surface area contributed by atoms with Gasteiger partial charge in [0.15, 0.2) is 5.58 Å². The molecule has 150 valence electrons. The van der Waals surface area contributed by atoms with E-state index in [1.165, 1.54) is 70.6 Å². The van der Waals surface area contributed by atoms with Gasteiger partial charge in [0.2, 0.25) is 5.91 Å². The van der Waals surface area contributed by atoms with Crippen molar-refractivity contribution >= 4 is 23.0 Å². The second kappa shape index (κ2) is 13.3. The predicted octanol–water partition coefficient (Wildman–Crippen LogP) is 7.25. The number of amides is 1. The van der Waals surface area contributed by atoms with Gasteiger partial charge in [0.05, 0.1) is 0 Å². The van der Waals surface area contributed by atoms with Gasteiger partial charge in [-0.2, -0.15) is 4.98 Å². The van der Waals surface area contributed by atoms with Gasteiger partial charge in [-0.15, -0.1) is 0 Å². The number of unbranched alkanes of at least 4 members (excludes halogenated alkanes) is 12. The van der Waals surface area contributed by atoms with E-state index in [2.05, 4.69) is 17.2 Å². The Kier molecular flexibility index (Phi) is 10.6. The topological polar surface area (TPSA) is 55.1 Å². The fourth-order valence-electron chi connectivity index (χ4n) is 3.41. The van der Waals surface area contributed by atoms with Crippen molar-refractivity contribution in [3.63, 3.8) is 0 Å². The van der Waals surface area contributed by atoms with Gasteiger partial charge < -0.3 is 4.42 Å². The number of nitrogens with one attached hydrogen (secondary N) is 1. The maximum Gasteiger partial charge on any atom is 0.302 e. The monoisotopic (exact) mass is 372 g/mol. The molecule has 0 saturated heterocycles. The van der Waals surface area contributed by atoms with Gasteiger partial charge in [-0.05, 0) is 18.6 Å². The number of benzene rings is 1. The number of fused-ring (bicyclic) bond motifs is 1. The smallest absolute Gasteiger partial charge is 0.302 e. The van der Waals surface area contributed by atoms with E-state index in [0.29, 0.717) is 18.0 Å². The highest BCUT2D eigenvalue weighted by atomic mass is 16.4. The molecule has 0 saturated carbocycles. The van der Waals surface area contributed by atoms with E-state index in [4.69, 9.17) is 4.42 Å². The summed E-state index contributed by atoms with van der Waals surface area (Å²) in [6, 6.07) is 7.83. The van der Waals surface area contributed by atoms with Crippen LogP contribution in [0.4, 0.5) is 6.01 Å². The minimum absolute atomic E-state index is 0.00960. The molecule has 0 atom stereocenters. The summed E-state index contributed by atoms with van der Waals surface area (Å²) in [7, 11) is 0. The van der Waals surface area contributed by atoms with Crippen LogP contribution in [-0.2, 0) is 4.79 Å². The Bertz CT molecular complexity index is 618. The van der Waals surface area contributed by atoms with Crippen LogP contribution in [0.3, 0.4) is 0 Å². The quantitative estimate of drug-likeness (QED) is 0.335. The molecule has 1 N–H and O–H groups in total. The lowest BCUT2D eigenvalue weighted by Gasteiger charge is -2.03. The van der Waals surface area contributed by atoms with Gasteiger partial charge in [0.1, 0.15) is 5.52 Å². The summed E-state index contributed by atoms with van der Waals surface area (Å²) in [5.41, 5.74) is 1.47. The van der Waals surface area contributed by atoms with Gasteiger partial charge in [-0.3, -0.25) is 10.1 Å². The minimum Gasteiger partial charge on any atom is -0.423 e. The Hall–Kier alpha value is -1.84. The summed E-state index contributed by atoms with van der Waals surface area (Å²) >= 11 is 0. The summed E-state index contributed by atoms with van der Waals surface area (Å²) in [6.45, 7) is 2.27.